The second kappa shape index (κ2) is 4.03. The maximum atomic E-state index is 9.13. The molecule has 0 radical (unpaired) electrons. The Bertz CT molecular complexity index is 633. The van der Waals surface area contributed by atoms with Crippen LogP contribution in [0.1, 0.15) is 25.3 Å². The molecule has 2 aromatic rings. The summed E-state index contributed by atoms with van der Waals surface area (Å²) in [6.07, 6.45) is 2.63. The van der Waals surface area contributed by atoms with Crippen molar-refractivity contribution in [3.63, 3.8) is 0 Å². The highest BCUT2D eigenvalue weighted by Gasteiger charge is 2.36. The maximum Gasteiger partial charge on any atom is 0.0998 e. The third-order valence-electron chi connectivity index (χ3n) is 3.85. The average molecular weight is 236 g/mol. The molecule has 0 spiro atoms. The van der Waals surface area contributed by atoms with Crippen molar-refractivity contribution in [2.24, 2.45) is 5.41 Å². The summed E-state index contributed by atoms with van der Waals surface area (Å²) < 4.78 is 0. The van der Waals surface area contributed by atoms with E-state index in [2.05, 4.69) is 24.4 Å². The van der Waals surface area contributed by atoms with Gasteiger partial charge in [-0.1, -0.05) is 31.2 Å². The summed E-state index contributed by atoms with van der Waals surface area (Å²) in [5, 5.41) is 14.8. The molecule has 2 aromatic carbocycles. The number of nitriles is 1. The lowest BCUT2D eigenvalue weighted by molar-refractivity contribution is 0.611. The van der Waals surface area contributed by atoms with Crippen molar-refractivity contribution in [3.8, 4) is 6.07 Å². The number of hydrogen-bond acceptors (Lipinski definition) is 2. The summed E-state index contributed by atoms with van der Waals surface area (Å²) in [6, 6.07) is 14.3. The predicted molar refractivity (Wildman–Crippen MR) is 74.5 cm³/mol. The maximum absolute atomic E-state index is 9.13. The van der Waals surface area contributed by atoms with Gasteiger partial charge in [-0.05, 0) is 30.4 Å². The van der Waals surface area contributed by atoms with Crippen LogP contribution in [0.3, 0.4) is 0 Å². The van der Waals surface area contributed by atoms with Gasteiger partial charge in [-0.3, -0.25) is 0 Å². The van der Waals surface area contributed by atoms with Gasteiger partial charge in [-0.25, -0.2) is 0 Å². The first-order valence-electron chi connectivity index (χ1n) is 6.38. The minimum atomic E-state index is 0.481. The van der Waals surface area contributed by atoms with Crippen LogP contribution in [0.2, 0.25) is 0 Å². The number of rotatable bonds is 3. The quantitative estimate of drug-likeness (QED) is 0.876. The molecule has 90 valence electrons. The van der Waals surface area contributed by atoms with Crippen LogP contribution >= 0.6 is 0 Å². The second-order valence-electron chi connectivity index (χ2n) is 5.48. The third kappa shape index (κ3) is 1.93. The molecule has 1 fully saturated rings. The highest BCUT2D eigenvalue weighted by atomic mass is 14.9. The number of nitrogens with zero attached hydrogens (tertiary/aromatic N) is 1. The molecule has 0 heterocycles. The monoisotopic (exact) mass is 236 g/mol. The van der Waals surface area contributed by atoms with Crippen LogP contribution in [0.5, 0.6) is 0 Å². The van der Waals surface area contributed by atoms with Gasteiger partial charge in [-0.2, -0.15) is 5.26 Å². The summed E-state index contributed by atoms with van der Waals surface area (Å²) in [5.74, 6) is 0. The zero-order valence-corrected chi connectivity index (χ0v) is 10.5. The van der Waals surface area contributed by atoms with Crippen LogP contribution in [0.15, 0.2) is 36.4 Å². The summed E-state index contributed by atoms with van der Waals surface area (Å²) >= 11 is 0. The van der Waals surface area contributed by atoms with E-state index in [1.807, 2.05) is 30.3 Å². The van der Waals surface area contributed by atoms with Gasteiger partial charge in [0, 0.05) is 23.0 Å². The summed E-state index contributed by atoms with van der Waals surface area (Å²) in [5.41, 5.74) is 2.36. The van der Waals surface area contributed by atoms with Crippen LogP contribution in [-0.4, -0.2) is 6.54 Å². The highest BCUT2D eigenvalue weighted by Crippen LogP contribution is 2.45. The number of benzene rings is 2. The molecule has 2 nitrogen and oxygen atoms in total. The Morgan fingerprint density at radius 1 is 1.17 bits per heavy atom. The minimum Gasteiger partial charge on any atom is -0.384 e. The standard InChI is InChI=1S/C16H16N2/c1-16(8-9-16)11-18-15-7-6-12(10-17)13-4-2-3-5-14(13)15/h2-7,18H,8-9,11H2,1H3. The fraction of sp³-hybridized carbons (Fsp3) is 0.312. The molecule has 2 heteroatoms. The Morgan fingerprint density at radius 2 is 1.89 bits per heavy atom. The van der Waals surface area contributed by atoms with Gasteiger partial charge in [-0.15, -0.1) is 0 Å². The summed E-state index contributed by atoms with van der Waals surface area (Å²) in [4.78, 5) is 0. The lowest BCUT2D eigenvalue weighted by Crippen LogP contribution is -2.11. The Balaban J connectivity index is 1.99. The van der Waals surface area contributed by atoms with Crippen LogP contribution in [0.4, 0.5) is 5.69 Å². The van der Waals surface area contributed by atoms with Crippen molar-refractivity contribution >= 4 is 16.5 Å². The van der Waals surface area contributed by atoms with Crippen LogP contribution in [0, 0.1) is 16.7 Å². The molecule has 1 saturated carbocycles. The molecule has 0 unspecified atom stereocenters. The molecule has 0 aromatic heterocycles. The Kier molecular flexibility index (Phi) is 2.48. The summed E-state index contributed by atoms with van der Waals surface area (Å²) in [7, 11) is 0. The van der Waals surface area contributed by atoms with Gasteiger partial charge < -0.3 is 5.32 Å². The van der Waals surface area contributed by atoms with Gasteiger partial charge in [0.05, 0.1) is 11.6 Å². The van der Waals surface area contributed by atoms with Crippen molar-refractivity contribution in [2.75, 3.05) is 11.9 Å². The normalized spacial score (nSPS) is 16.2. The topological polar surface area (TPSA) is 35.8 Å². The number of hydrogen-bond donors (Lipinski definition) is 1. The molecule has 0 atom stereocenters. The van der Waals surface area contributed by atoms with E-state index in [0.29, 0.717) is 5.41 Å². The van der Waals surface area contributed by atoms with E-state index in [-0.39, 0.29) is 0 Å². The molecule has 0 amide bonds. The van der Waals surface area contributed by atoms with E-state index in [9.17, 15) is 0 Å². The van der Waals surface area contributed by atoms with E-state index in [0.717, 1.165) is 28.6 Å². The largest absolute Gasteiger partial charge is 0.384 e. The van der Waals surface area contributed by atoms with E-state index in [1.54, 1.807) is 0 Å². The number of fused-ring (bicyclic) bond motifs is 1. The second-order valence-corrected chi connectivity index (χ2v) is 5.48. The van der Waals surface area contributed by atoms with E-state index >= 15 is 0 Å². The van der Waals surface area contributed by atoms with Gasteiger partial charge in [0.25, 0.3) is 0 Å². The van der Waals surface area contributed by atoms with Gasteiger partial charge in [0.2, 0.25) is 0 Å². The molecule has 1 N–H and O–H groups in total. The van der Waals surface area contributed by atoms with Crippen molar-refractivity contribution in [2.45, 2.75) is 19.8 Å². The molecule has 3 rings (SSSR count). The van der Waals surface area contributed by atoms with Crippen LogP contribution in [-0.2, 0) is 0 Å². The Labute approximate surface area is 107 Å². The summed E-state index contributed by atoms with van der Waals surface area (Å²) in [6.45, 7) is 3.33. The molecule has 0 saturated heterocycles. The Morgan fingerprint density at radius 3 is 2.56 bits per heavy atom. The average Bonchev–Trinajstić information content (AvgIpc) is 3.14. The van der Waals surface area contributed by atoms with Crippen LogP contribution in [0.25, 0.3) is 10.8 Å². The SMILES string of the molecule is CC1(CNc2ccc(C#N)c3ccccc23)CC1. The zero-order chi connectivity index (χ0) is 12.6. The zero-order valence-electron chi connectivity index (χ0n) is 10.5. The molecule has 1 aliphatic rings. The van der Waals surface area contributed by atoms with Crippen LogP contribution < -0.4 is 5.32 Å². The number of nitrogens with one attached hydrogen (secondary N) is 1. The molecule has 1 aliphatic carbocycles. The molecular formula is C16H16N2. The van der Waals surface area contributed by atoms with Crippen molar-refractivity contribution in [1.82, 2.24) is 0 Å². The first-order chi connectivity index (χ1) is 8.72. The smallest absolute Gasteiger partial charge is 0.0998 e. The lowest BCUT2D eigenvalue weighted by Gasteiger charge is -2.14. The van der Waals surface area contributed by atoms with Gasteiger partial charge in [0.15, 0.2) is 0 Å². The van der Waals surface area contributed by atoms with Gasteiger partial charge >= 0.3 is 0 Å². The highest BCUT2D eigenvalue weighted by molar-refractivity contribution is 5.97. The van der Waals surface area contributed by atoms with E-state index < -0.39 is 0 Å². The van der Waals surface area contributed by atoms with E-state index in [4.69, 9.17) is 5.26 Å². The molecule has 0 bridgehead atoms. The van der Waals surface area contributed by atoms with Crippen molar-refractivity contribution in [3.05, 3.63) is 42.0 Å². The lowest BCUT2D eigenvalue weighted by atomic mass is 10.0. The predicted octanol–water partition coefficient (Wildman–Crippen LogP) is 3.92. The molecular weight excluding hydrogens is 220 g/mol. The van der Waals surface area contributed by atoms with Gasteiger partial charge in [0.1, 0.15) is 0 Å². The van der Waals surface area contributed by atoms with Crippen molar-refractivity contribution < 1.29 is 0 Å². The Hall–Kier alpha value is -2.01. The minimum absolute atomic E-state index is 0.481. The fourth-order valence-corrected chi connectivity index (χ4v) is 2.25. The first kappa shape index (κ1) is 11.1. The van der Waals surface area contributed by atoms with E-state index in [1.165, 1.54) is 12.8 Å². The molecule has 0 aliphatic heterocycles. The fourth-order valence-electron chi connectivity index (χ4n) is 2.25. The van der Waals surface area contributed by atoms with Crippen molar-refractivity contribution in [1.29, 1.82) is 5.26 Å². The molecule has 18 heavy (non-hydrogen) atoms. The first-order valence-corrected chi connectivity index (χ1v) is 6.38. The third-order valence-corrected chi connectivity index (χ3v) is 3.85. The number of anilines is 1.